The van der Waals surface area contributed by atoms with E-state index in [1.165, 1.54) is 0 Å². The van der Waals surface area contributed by atoms with Crippen LogP contribution in [0.25, 0.3) is 0 Å². The number of rotatable bonds is 1. The number of carboxylic acids is 1. The monoisotopic (exact) mass is 186 g/mol. The van der Waals surface area contributed by atoms with Gasteiger partial charge in [-0.05, 0) is 6.42 Å². The second-order valence-corrected chi connectivity index (χ2v) is 2.24. The SMILES string of the molecule is C=CC(=O)O.O=C1CCCC(=O)O1. The maximum Gasteiger partial charge on any atom is 0.327 e. The quantitative estimate of drug-likeness (QED) is 0.366. The lowest BCUT2D eigenvalue weighted by molar-refractivity contribution is -0.163. The number of carbonyl (C=O) groups is 3. The predicted molar refractivity (Wildman–Crippen MR) is 42.8 cm³/mol. The topological polar surface area (TPSA) is 80.7 Å². The molecule has 0 spiro atoms. The fraction of sp³-hybridized carbons (Fsp3) is 0.375. The summed E-state index contributed by atoms with van der Waals surface area (Å²) in [5.41, 5.74) is 0. The van der Waals surface area contributed by atoms with Gasteiger partial charge in [-0.2, -0.15) is 0 Å². The van der Waals surface area contributed by atoms with Crippen molar-refractivity contribution < 1.29 is 24.2 Å². The molecule has 5 heteroatoms. The first kappa shape index (κ1) is 11.4. The van der Waals surface area contributed by atoms with E-state index in [4.69, 9.17) is 5.11 Å². The predicted octanol–water partition coefficient (Wildman–Crippen LogP) is 0.497. The summed E-state index contributed by atoms with van der Waals surface area (Å²) in [4.78, 5) is 29.7. The van der Waals surface area contributed by atoms with E-state index in [0.29, 0.717) is 19.3 Å². The van der Waals surface area contributed by atoms with Crippen LogP contribution in [0.2, 0.25) is 0 Å². The second kappa shape index (κ2) is 5.93. The van der Waals surface area contributed by atoms with E-state index in [0.717, 1.165) is 6.08 Å². The second-order valence-electron chi connectivity index (χ2n) is 2.24. The van der Waals surface area contributed by atoms with Gasteiger partial charge < -0.3 is 9.84 Å². The smallest absolute Gasteiger partial charge is 0.327 e. The fourth-order valence-corrected chi connectivity index (χ4v) is 0.606. The van der Waals surface area contributed by atoms with Gasteiger partial charge in [0.2, 0.25) is 0 Å². The first-order valence-electron chi connectivity index (χ1n) is 3.65. The van der Waals surface area contributed by atoms with Crippen LogP contribution in [0.4, 0.5) is 0 Å². The maximum absolute atomic E-state index is 10.2. The molecule has 1 aliphatic heterocycles. The summed E-state index contributed by atoms with van der Waals surface area (Å²) in [5.74, 6) is -1.76. The van der Waals surface area contributed by atoms with Gasteiger partial charge in [0, 0.05) is 18.9 Å². The molecule has 0 amide bonds. The number of esters is 2. The zero-order valence-corrected chi connectivity index (χ0v) is 6.99. The van der Waals surface area contributed by atoms with Gasteiger partial charge in [0.1, 0.15) is 0 Å². The molecule has 0 aliphatic carbocycles. The van der Waals surface area contributed by atoms with Crippen LogP contribution in [0.5, 0.6) is 0 Å². The molecule has 0 atom stereocenters. The normalized spacial score (nSPS) is 15.1. The molecule has 0 aromatic carbocycles. The molecule has 1 N–H and O–H groups in total. The summed E-state index contributed by atoms with van der Waals surface area (Å²) < 4.78 is 4.21. The molecule has 0 aromatic heterocycles. The molecule has 1 saturated heterocycles. The number of hydrogen-bond acceptors (Lipinski definition) is 4. The third kappa shape index (κ3) is 6.74. The van der Waals surface area contributed by atoms with Crippen molar-refractivity contribution in [3.05, 3.63) is 12.7 Å². The highest BCUT2D eigenvalue weighted by Gasteiger charge is 2.15. The molecule has 1 aliphatic rings. The summed E-state index contributed by atoms with van der Waals surface area (Å²) in [5, 5.41) is 7.60. The fourth-order valence-electron chi connectivity index (χ4n) is 0.606. The van der Waals surface area contributed by atoms with Gasteiger partial charge in [0.25, 0.3) is 0 Å². The highest BCUT2D eigenvalue weighted by molar-refractivity contribution is 5.87. The Kier molecular flexibility index (Phi) is 5.18. The van der Waals surface area contributed by atoms with E-state index in [1.807, 2.05) is 0 Å². The van der Waals surface area contributed by atoms with E-state index in [1.54, 1.807) is 0 Å². The summed E-state index contributed by atoms with van der Waals surface area (Å²) in [7, 11) is 0. The van der Waals surface area contributed by atoms with E-state index >= 15 is 0 Å². The number of aliphatic carboxylic acids is 1. The van der Waals surface area contributed by atoms with Crippen LogP contribution in [-0.2, 0) is 19.1 Å². The van der Waals surface area contributed by atoms with Crippen molar-refractivity contribution >= 4 is 17.9 Å². The van der Waals surface area contributed by atoms with Crippen molar-refractivity contribution in [3.8, 4) is 0 Å². The van der Waals surface area contributed by atoms with Crippen LogP contribution in [0.3, 0.4) is 0 Å². The third-order valence-electron chi connectivity index (χ3n) is 1.16. The molecule has 1 fully saturated rings. The number of hydrogen-bond donors (Lipinski definition) is 1. The van der Waals surface area contributed by atoms with Gasteiger partial charge >= 0.3 is 17.9 Å². The van der Waals surface area contributed by atoms with Crippen LogP contribution in [-0.4, -0.2) is 23.0 Å². The minimum absolute atomic E-state index is 0.388. The summed E-state index contributed by atoms with van der Waals surface area (Å²) in [6.45, 7) is 2.96. The van der Waals surface area contributed by atoms with E-state index in [9.17, 15) is 14.4 Å². The van der Waals surface area contributed by atoms with Crippen molar-refractivity contribution in [1.29, 1.82) is 0 Å². The highest BCUT2D eigenvalue weighted by Crippen LogP contribution is 2.06. The minimum Gasteiger partial charge on any atom is -0.478 e. The molecule has 0 radical (unpaired) electrons. The van der Waals surface area contributed by atoms with E-state index in [2.05, 4.69) is 11.3 Å². The first-order valence-corrected chi connectivity index (χ1v) is 3.65. The Labute approximate surface area is 75.0 Å². The Hall–Kier alpha value is -1.65. The standard InChI is InChI=1S/C5H6O3.C3H4O2/c6-4-2-1-3-5(7)8-4;1-2-3(4)5/h1-3H2;2H,1H2,(H,4,5). The average Bonchev–Trinajstić information content (AvgIpc) is 2.05. The summed E-state index contributed by atoms with van der Waals surface area (Å²) >= 11 is 0. The zero-order chi connectivity index (χ0) is 10.3. The number of cyclic esters (lactones) is 2. The number of carbonyl (C=O) groups excluding carboxylic acids is 2. The highest BCUT2D eigenvalue weighted by atomic mass is 16.6. The molecular formula is C8H10O5. The molecule has 5 nitrogen and oxygen atoms in total. The van der Waals surface area contributed by atoms with E-state index in [-0.39, 0.29) is 11.9 Å². The van der Waals surface area contributed by atoms with Gasteiger partial charge in [0.05, 0.1) is 0 Å². The third-order valence-corrected chi connectivity index (χ3v) is 1.16. The van der Waals surface area contributed by atoms with Gasteiger partial charge in [-0.15, -0.1) is 0 Å². The van der Waals surface area contributed by atoms with Crippen LogP contribution in [0.15, 0.2) is 12.7 Å². The Balaban J connectivity index is 0.000000252. The number of ether oxygens (including phenoxy) is 1. The summed E-state index contributed by atoms with van der Waals surface area (Å²) in [6, 6.07) is 0. The molecular weight excluding hydrogens is 176 g/mol. The van der Waals surface area contributed by atoms with Crippen molar-refractivity contribution in [1.82, 2.24) is 0 Å². The average molecular weight is 186 g/mol. The van der Waals surface area contributed by atoms with Gasteiger partial charge in [-0.1, -0.05) is 6.58 Å². The molecule has 0 bridgehead atoms. The Bertz CT molecular complexity index is 217. The van der Waals surface area contributed by atoms with Crippen molar-refractivity contribution in [2.45, 2.75) is 19.3 Å². The Morgan fingerprint density at radius 1 is 1.38 bits per heavy atom. The largest absolute Gasteiger partial charge is 0.478 e. The van der Waals surface area contributed by atoms with Gasteiger partial charge in [-0.25, -0.2) is 4.79 Å². The van der Waals surface area contributed by atoms with Crippen LogP contribution in [0, 0.1) is 0 Å². The number of carboxylic acid groups (broad SMARTS) is 1. The molecule has 0 unspecified atom stereocenters. The van der Waals surface area contributed by atoms with Gasteiger partial charge in [0.15, 0.2) is 0 Å². The maximum atomic E-state index is 10.2. The van der Waals surface area contributed by atoms with E-state index < -0.39 is 5.97 Å². The molecule has 0 aromatic rings. The lowest BCUT2D eigenvalue weighted by Gasteiger charge is -2.06. The Morgan fingerprint density at radius 3 is 1.92 bits per heavy atom. The minimum atomic E-state index is -0.981. The lowest BCUT2D eigenvalue weighted by atomic mass is 10.2. The van der Waals surface area contributed by atoms with Crippen molar-refractivity contribution in [2.24, 2.45) is 0 Å². The van der Waals surface area contributed by atoms with Crippen molar-refractivity contribution in [2.75, 3.05) is 0 Å². The van der Waals surface area contributed by atoms with Crippen LogP contribution < -0.4 is 0 Å². The van der Waals surface area contributed by atoms with Gasteiger partial charge in [-0.3, -0.25) is 9.59 Å². The lowest BCUT2D eigenvalue weighted by Crippen LogP contribution is -2.17. The first-order chi connectivity index (χ1) is 6.06. The summed E-state index contributed by atoms with van der Waals surface area (Å²) in [6.07, 6.45) is 2.27. The molecule has 1 heterocycles. The Morgan fingerprint density at radius 2 is 1.77 bits per heavy atom. The molecule has 72 valence electrons. The zero-order valence-electron chi connectivity index (χ0n) is 6.99. The van der Waals surface area contributed by atoms with Crippen LogP contribution >= 0.6 is 0 Å². The van der Waals surface area contributed by atoms with Crippen molar-refractivity contribution in [3.63, 3.8) is 0 Å². The van der Waals surface area contributed by atoms with Crippen LogP contribution in [0.1, 0.15) is 19.3 Å². The molecule has 0 saturated carbocycles. The molecule has 1 rings (SSSR count). The molecule has 13 heavy (non-hydrogen) atoms.